The number of non-ortho nitro benzene ring substituents is 1. The van der Waals surface area contributed by atoms with Gasteiger partial charge >= 0.3 is 13.1 Å². The van der Waals surface area contributed by atoms with Crippen molar-refractivity contribution in [1.29, 1.82) is 0 Å². The molecule has 1 aromatic heterocycles. The fourth-order valence-corrected chi connectivity index (χ4v) is 4.71. The summed E-state index contributed by atoms with van der Waals surface area (Å²) in [5, 5.41) is 16.0. The highest BCUT2D eigenvalue weighted by atomic mass is 19.5. The van der Waals surface area contributed by atoms with E-state index in [1.54, 1.807) is 12.1 Å². The van der Waals surface area contributed by atoms with Gasteiger partial charge in [-0.3, -0.25) is 10.1 Å². The minimum absolute atomic E-state index is 0.0210. The number of aromatic nitrogens is 3. The number of benzene rings is 2. The number of fused-ring (bicyclic) bond motifs is 5. The Labute approximate surface area is 186 Å². The summed E-state index contributed by atoms with van der Waals surface area (Å²) in [6.07, 6.45) is 2.75. The molecule has 0 saturated carbocycles. The SMILES string of the molecule is Cc1cc(C)c(-n2c[n+]3c(n2)COC2Cc4ccc([N+](=O)[O-])cc4[C@@H]23)c(C)c1.F[B-](F)(F)F. The lowest BCUT2D eigenvalue weighted by Gasteiger charge is -2.23. The van der Waals surface area contributed by atoms with Gasteiger partial charge in [-0.25, -0.2) is 4.57 Å². The zero-order chi connectivity index (χ0) is 24.1. The van der Waals surface area contributed by atoms with Gasteiger partial charge in [-0.05, 0) is 37.5 Å². The topological polar surface area (TPSA) is 74.1 Å². The van der Waals surface area contributed by atoms with E-state index in [1.807, 2.05) is 17.1 Å². The number of hydrogen-bond donors (Lipinski definition) is 0. The molecule has 174 valence electrons. The van der Waals surface area contributed by atoms with Gasteiger partial charge in [-0.1, -0.05) is 28.4 Å². The second-order valence-electron chi connectivity index (χ2n) is 8.26. The molecule has 0 radical (unpaired) electrons. The van der Waals surface area contributed by atoms with Crippen molar-refractivity contribution in [1.82, 2.24) is 9.78 Å². The van der Waals surface area contributed by atoms with E-state index >= 15 is 0 Å². The van der Waals surface area contributed by atoms with Crippen molar-refractivity contribution in [3.8, 4) is 5.69 Å². The molecule has 33 heavy (non-hydrogen) atoms. The van der Waals surface area contributed by atoms with Crippen LogP contribution in [0.15, 0.2) is 36.7 Å². The quantitative estimate of drug-likeness (QED) is 0.186. The Kier molecular flexibility index (Phi) is 5.73. The zero-order valence-electron chi connectivity index (χ0n) is 18.1. The molecule has 2 atom stereocenters. The van der Waals surface area contributed by atoms with Crippen molar-refractivity contribution in [3.63, 3.8) is 0 Å². The summed E-state index contributed by atoms with van der Waals surface area (Å²) in [4.78, 5) is 10.9. The lowest BCUT2D eigenvalue weighted by molar-refractivity contribution is -0.739. The third kappa shape index (κ3) is 4.61. The van der Waals surface area contributed by atoms with Gasteiger partial charge in [-0.2, -0.15) is 0 Å². The van der Waals surface area contributed by atoms with Gasteiger partial charge in [0.1, 0.15) is 24.4 Å². The summed E-state index contributed by atoms with van der Waals surface area (Å²) in [7, 11) is -6.00. The molecule has 1 unspecified atom stereocenters. The molecule has 0 fully saturated rings. The van der Waals surface area contributed by atoms with Crippen LogP contribution in [-0.2, 0) is 17.8 Å². The van der Waals surface area contributed by atoms with Gasteiger partial charge in [-0.15, -0.1) is 0 Å². The summed E-state index contributed by atoms with van der Waals surface area (Å²) >= 11 is 0. The van der Waals surface area contributed by atoms with Crippen LogP contribution >= 0.6 is 0 Å². The number of nitrogens with zero attached hydrogens (tertiary/aromatic N) is 4. The van der Waals surface area contributed by atoms with E-state index in [-0.39, 0.29) is 22.8 Å². The summed E-state index contributed by atoms with van der Waals surface area (Å²) in [6.45, 7) is 6.71. The van der Waals surface area contributed by atoms with Gasteiger partial charge in [0.05, 0.1) is 4.92 Å². The normalized spacial score (nSPS) is 18.6. The molecule has 1 aliphatic carbocycles. The smallest absolute Gasteiger partial charge is 0.418 e. The predicted molar refractivity (Wildman–Crippen MR) is 112 cm³/mol. The van der Waals surface area contributed by atoms with Crippen LogP contribution in [0, 0.1) is 30.9 Å². The average Bonchev–Trinajstić information content (AvgIpc) is 3.25. The highest BCUT2D eigenvalue weighted by Crippen LogP contribution is 2.37. The molecule has 0 spiro atoms. The van der Waals surface area contributed by atoms with Crippen LogP contribution in [0.1, 0.15) is 39.7 Å². The lowest BCUT2D eigenvalue weighted by Crippen LogP contribution is -2.51. The lowest BCUT2D eigenvalue weighted by atomic mass is 10.1. The van der Waals surface area contributed by atoms with Gasteiger partial charge in [0.2, 0.25) is 6.33 Å². The standard InChI is InChI=1S/C21H21N4O3.BF4/c1-12-6-13(2)20(14(3)7-12)24-11-23-19(22-24)10-28-18-8-15-4-5-16(25(26)27)9-17(15)21(18)23;2-1(3,4)5/h4-7,9,11,18,21H,8,10H2,1-3H3;/q+1;-1/t18?,21-;/m0./s1. The van der Waals surface area contributed by atoms with Crippen LogP contribution in [0.3, 0.4) is 0 Å². The maximum absolute atomic E-state index is 11.2. The van der Waals surface area contributed by atoms with E-state index in [1.165, 1.54) is 5.56 Å². The van der Waals surface area contributed by atoms with Crippen molar-refractivity contribution >= 4 is 12.9 Å². The number of halogens is 4. The number of aryl methyl sites for hydroxylation is 3. The molecule has 1 aliphatic heterocycles. The monoisotopic (exact) mass is 464 g/mol. The predicted octanol–water partition coefficient (Wildman–Crippen LogP) is 4.34. The number of rotatable bonds is 2. The van der Waals surface area contributed by atoms with Crippen LogP contribution in [0.25, 0.3) is 5.69 Å². The molecule has 2 aromatic carbocycles. The molecule has 2 heterocycles. The van der Waals surface area contributed by atoms with E-state index in [0.29, 0.717) is 6.61 Å². The van der Waals surface area contributed by atoms with Crippen LogP contribution in [0.4, 0.5) is 23.0 Å². The van der Waals surface area contributed by atoms with Crippen molar-refractivity contribution in [2.24, 2.45) is 0 Å². The first-order valence-electron chi connectivity index (χ1n) is 10.3. The third-order valence-corrected chi connectivity index (χ3v) is 5.78. The first-order valence-corrected chi connectivity index (χ1v) is 10.3. The largest absolute Gasteiger partial charge is 0.673 e. The molecule has 0 N–H and O–H groups in total. The van der Waals surface area contributed by atoms with Crippen LogP contribution < -0.4 is 4.57 Å². The Bertz CT molecular complexity index is 1220. The summed E-state index contributed by atoms with van der Waals surface area (Å²) in [6, 6.07) is 9.34. The third-order valence-electron chi connectivity index (χ3n) is 5.78. The van der Waals surface area contributed by atoms with Crippen molar-refractivity contribution in [3.05, 3.63) is 80.4 Å². The average molecular weight is 464 g/mol. The molecular weight excluding hydrogens is 443 g/mol. The Balaban J connectivity index is 0.000000471. The molecule has 0 saturated heterocycles. The van der Waals surface area contributed by atoms with Crippen molar-refractivity contribution in [2.75, 3.05) is 0 Å². The van der Waals surface area contributed by atoms with E-state index in [4.69, 9.17) is 9.84 Å². The first-order chi connectivity index (χ1) is 15.4. The second-order valence-corrected chi connectivity index (χ2v) is 8.26. The Morgan fingerprint density at radius 2 is 1.79 bits per heavy atom. The minimum atomic E-state index is -6.00. The molecular formula is C21H21BF4N4O3. The first kappa shape index (κ1) is 22.9. The number of nitro benzene ring substituents is 1. The molecule has 7 nitrogen and oxygen atoms in total. The molecule has 0 bridgehead atoms. The fraction of sp³-hybridized carbons (Fsp3) is 0.333. The minimum Gasteiger partial charge on any atom is -0.418 e. The summed E-state index contributed by atoms with van der Waals surface area (Å²) in [5.41, 5.74) is 6.81. The van der Waals surface area contributed by atoms with Gasteiger partial charge in [0, 0.05) is 29.2 Å². The van der Waals surface area contributed by atoms with E-state index in [0.717, 1.165) is 40.2 Å². The number of ether oxygens (including phenoxy) is 1. The van der Waals surface area contributed by atoms with Crippen molar-refractivity contribution in [2.45, 2.75) is 45.9 Å². The number of nitro groups is 1. The second kappa shape index (κ2) is 8.25. The molecule has 3 aromatic rings. The van der Waals surface area contributed by atoms with E-state index in [9.17, 15) is 27.4 Å². The van der Waals surface area contributed by atoms with Crippen molar-refractivity contribution < 1.29 is 31.5 Å². The Morgan fingerprint density at radius 1 is 1.15 bits per heavy atom. The molecule has 0 amide bonds. The van der Waals surface area contributed by atoms with Crippen LogP contribution in [-0.4, -0.2) is 28.1 Å². The Morgan fingerprint density at radius 3 is 2.39 bits per heavy atom. The summed E-state index contributed by atoms with van der Waals surface area (Å²) in [5.74, 6) is 0.833. The van der Waals surface area contributed by atoms with Gasteiger partial charge < -0.3 is 22.0 Å². The van der Waals surface area contributed by atoms with E-state index < -0.39 is 7.25 Å². The van der Waals surface area contributed by atoms with E-state index in [2.05, 4.69) is 37.5 Å². The maximum Gasteiger partial charge on any atom is 0.673 e. The zero-order valence-corrected chi connectivity index (χ0v) is 18.1. The van der Waals surface area contributed by atoms with Crippen LogP contribution in [0.2, 0.25) is 0 Å². The fourth-order valence-electron chi connectivity index (χ4n) is 4.71. The number of hydrogen-bond acceptors (Lipinski definition) is 4. The van der Waals surface area contributed by atoms with Gasteiger partial charge in [0.25, 0.3) is 5.69 Å². The van der Waals surface area contributed by atoms with Gasteiger partial charge in [0.15, 0.2) is 0 Å². The highest BCUT2D eigenvalue weighted by molar-refractivity contribution is 6.50. The molecule has 2 aliphatic rings. The Hall–Kier alpha value is -3.28. The maximum atomic E-state index is 11.2. The molecule has 5 rings (SSSR count). The highest BCUT2D eigenvalue weighted by Gasteiger charge is 2.44. The molecule has 12 heteroatoms. The summed E-state index contributed by atoms with van der Waals surface area (Å²) < 4.78 is 49.1. The van der Waals surface area contributed by atoms with Crippen LogP contribution in [0.5, 0.6) is 0 Å².